The highest BCUT2D eigenvalue weighted by Gasteiger charge is 2.26. The summed E-state index contributed by atoms with van der Waals surface area (Å²) in [5, 5.41) is 4.63. The maximum Gasteiger partial charge on any atom is 0.339 e. The molecule has 2 rings (SSSR count). The highest BCUT2D eigenvalue weighted by Crippen LogP contribution is 2.19. The minimum absolute atomic E-state index is 0.323. The Balaban J connectivity index is 2.19. The van der Waals surface area contributed by atoms with Gasteiger partial charge in [-0.1, -0.05) is 48.5 Å². The lowest BCUT2D eigenvalue weighted by molar-refractivity contribution is -0.129. The maximum absolute atomic E-state index is 12.3. The predicted octanol–water partition coefficient (Wildman–Crippen LogP) is 2.43. The molecule has 0 unspecified atom stereocenters. The summed E-state index contributed by atoms with van der Waals surface area (Å²) in [7, 11) is 0. The molecule has 0 aromatic heterocycles. The molecule has 0 radical (unpaired) electrons. The summed E-state index contributed by atoms with van der Waals surface area (Å²) >= 11 is 0. The normalized spacial score (nSPS) is 11.2. The third-order valence-electron chi connectivity index (χ3n) is 3.15. The van der Waals surface area contributed by atoms with Gasteiger partial charge in [-0.2, -0.15) is 0 Å². The summed E-state index contributed by atoms with van der Waals surface area (Å²) < 4.78 is 5.33. The van der Waals surface area contributed by atoms with Crippen molar-refractivity contribution in [3.05, 3.63) is 71.8 Å². The van der Waals surface area contributed by atoms with Crippen LogP contribution in [0.15, 0.2) is 60.7 Å². The molecule has 0 spiro atoms. The molecule has 0 heterocycles. The number of ether oxygens (including phenoxy) is 1. The monoisotopic (exact) mass is 326 g/mol. The van der Waals surface area contributed by atoms with Gasteiger partial charge in [-0.25, -0.2) is 9.59 Å². The fourth-order valence-corrected chi connectivity index (χ4v) is 2.03. The van der Waals surface area contributed by atoms with Crippen molar-refractivity contribution >= 4 is 17.9 Å². The molecule has 2 aromatic carbocycles. The second-order valence-electron chi connectivity index (χ2n) is 4.91. The average molecular weight is 326 g/mol. The molecule has 0 bridgehead atoms. The molecule has 0 fully saturated rings. The summed E-state index contributed by atoms with van der Waals surface area (Å²) in [4.78, 5) is 36.1. The van der Waals surface area contributed by atoms with Gasteiger partial charge in [0.05, 0.1) is 5.56 Å². The van der Waals surface area contributed by atoms with E-state index in [1.165, 1.54) is 0 Å². The number of carbonyl (C=O) groups excluding carboxylic acids is 3. The van der Waals surface area contributed by atoms with E-state index < -0.39 is 24.0 Å². The first-order valence-electron chi connectivity index (χ1n) is 7.51. The molecular formula is C18H18N2O4. The van der Waals surface area contributed by atoms with Gasteiger partial charge in [-0.05, 0) is 19.1 Å². The Hall–Kier alpha value is -3.15. The molecule has 0 aliphatic rings. The number of hydrogen-bond donors (Lipinski definition) is 2. The highest BCUT2D eigenvalue weighted by molar-refractivity contribution is 5.99. The van der Waals surface area contributed by atoms with Gasteiger partial charge in [0.2, 0.25) is 6.10 Å². The van der Waals surface area contributed by atoms with Crippen LogP contribution in [-0.4, -0.2) is 24.5 Å². The SMILES string of the molecule is CCNC(=O)NC(=O)[C@H](OC(=O)c1ccccc1)c1ccccc1. The number of carbonyl (C=O) groups is 3. The molecule has 3 amide bonds. The smallest absolute Gasteiger partial charge is 0.339 e. The van der Waals surface area contributed by atoms with Crippen LogP contribution >= 0.6 is 0 Å². The summed E-state index contributed by atoms with van der Waals surface area (Å²) in [6.45, 7) is 2.10. The Kier molecular flexibility index (Phi) is 6.08. The Labute approximate surface area is 139 Å². The maximum atomic E-state index is 12.3. The molecule has 0 saturated carbocycles. The number of urea groups is 1. The predicted molar refractivity (Wildman–Crippen MR) is 88.3 cm³/mol. The van der Waals surface area contributed by atoms with E-state index in [9.17, 15) is 14.4 Å². The highest BCUT2D eigenvalue weighted by atomic mass is 16.5. The fourth-order valence-electron chi connectivity index (χ4n) is 2.03. The van der Waals surface area contributed by atoms with Gasteiger partial charge in [-0.15, -0.1) is 0 Å². The van der Waals surface area contributed by atoms with Gasteiger partial charge >= 0.3 is 12.0 Å². The third kappa shape index (κ3) is 4.67. The molecule has 0 saturated heterocycles. The quantitative estimate of drug-likeness (QED) is 0.827. The number of esters is 1. The minimum Gasteiger partial charge on any atom is -0.444 e. The van der Waals surface area contributed by atoms with Crippen LogP contribution in [0.3, 0.4) is 0 Å². The molecule has 24 heavy (non-hydrogen) atoms. The lowest BCUT2D eigenvalue weighted by atomic mass is 10.1. The lowest BCUT2D eigenvalue weighted by Gasteiger charge is -2.17. The number of rotatable bonds is 5. The van der Waals surface area contributed by atoms with Crippen molar-refractivity contribution in [3.63, 3.8) is 0 Å². The molecule has 2 aromatic rings. The first-order chi connectivity index (χ1) is 11.6. The van der Waals surface area contributed by atoms with Crippen molar-refractivity contribution in [1.29, 1.82) is 0 Å². The van der Waals surface area contributed by atoms with Crippen molar-refractivity contribution in [2.45, 2.75) is 13.0 Å². The van der Waals surface area contributed by atoms with E-state index in [1.54, 1.807) is 67.6 Å². The average Bonchev–Trinajstić information content (AvgIpc) is 2.61. The number of benzene rings is 2. The topological polar surface area (TPSA) is 84.5 Å². The number of imide groups is 1. The summed E-state index contributed by atoms with van der Waals surface area (Å²) in [6, 6.07) is 16.2. The van der Waals surface area contributed by atoms with Gasteiger partial charge in [0.15, 0.2) is 0 Å². The molecule has 0 aliphatic heterocycles. The molecule has 1 atom stereocenters. The van der Waals surface area contributed by atoms with E-state index in [0.29, 0.717) is 17.7 Å². The van der Waals surface area contributed by atoms with Crippen molar-refractivity contribution in [2.75, 3.05) is 6.54 Å². The van der Waals surface area contributed by atoms with Crippen LogP contribution in [0.1, 0.15) is 28.9 Å². The Morgan fingerprint density at radius 2 is 1.54 bits per heavy atom. The molecule has 0 aliphatic carbocycles. The van der Waals surface area contributed by atoms with Crippen LogP contribution in [0.2, 0.25) is 0 Å². The standard InChI is InChI=1S/C18H18N2O4/c1-2-19-18(23)20-16(21)15(13-9-5-3-6-10-13)24-17(22)14-11-7-4-8-12-14/h3-12,15H,2H2,1H3,(H2,19,20,21,23)/t15-/m1/s1. The van der Waals surface area contributed by atoms with E-state index in [0.717, 1.165) is 0 Å². The largest absolute Gasteiger partial charge is 0.444 e. The molecule has 6 heteroatoms. The molecular weight excluding hydrogens is 308 g/mol. The van der Waals surface area contributed by atoms with E-state index in [-0.39, 0.29) is 0 Å². The van der Waals surface area contributed by atoms with Crippen molar-refractivity contribution < 1.29 is 19.1 Å². The van der Waals surface area contributed by atoms with Crippen molar-refractivity contribution in [1.82, 2.24) is 10.6 Å². The van der Waals surface area contributed by atoms with Gasteiger partial charge in [0.1, 0.15) is 0 Å². The van der Waals surface area contributed by atoms with Crippen molar-refractivity contribution in [2.24, 2.45) is 0 Å². The Bertz CT molecular complexity index is 701. The van der Waals surface area contributed by atoms with Crippen LogP contribution in [0.5, 0.6) is 0 Å². The zero-order valence-corrected chi connectivity index (χ0v) is 13.2. The number of hydrogen-bond acceptors (Lipinski definition) is 4. The molecule has 2 N–H and O–H groups in total. The minimum atomic E-state index is -1.22. The Morgan fingerprint density at radius 1 is 0.958 bits per heavy atom. The van der Waals surface area contributed by atoms with Crippen LogP contribution in [0, 0.1) is 0 Å². The zero-order valence-electron chi connectivity index (χ0n) is 13.2. The zero-order chi connectivity index (χ0) is 17.4. The van der Waals surface area contributed by atoms with E-state index >= 15 is 0 Å². The second kappa shape index (κ2) is 8.47. The first kappa shape index (κ1) is 17.2. The lowest BCUT2D eigenvalue weighted by Crippen LogP contribution is -2.42. The van der Waals surface area contributed by atoms with Crippen LogP contribution in [0.25, 0.3) is 0 Å². The molecule has 6 nitrogen and oxygen atoms in total. The Morgan fingerprint density at radius 3 is 2.12 bits per heavy atom. The van der Waals surface area contributed by atoms with Crippen LogP contribution in [0.4, 0.5) is 4.79 Å². The number of amides is 3. The van der Waals surface area contributed by atoms with E-state index in [2.05, 4.69) is 10.6 Å². The van der Waals surface area contributed by atoms with E-state index in [1.807, 2.05) is 0 Å². The first-order valence-corrected chi connectivity index (χ1v) is 7.51. The van der Waals surface area contributed by atoms with Crippen LogP contribution < -0.4 is 10.6 Å². The van der Waals surface area contributed by atoms with Gasteiger partial charge in [0, 0.05) is 12.1 Å². The summed E-state index contributed by atoms with van der Waals surface area (Å²) in [5.41, 5.74) is 0.799. The summed E-state index contributed by atoms with van der Waals surface area (Å²) in [5.74, 6) is -1.35. The third-order valence-corrected chi connectivity index (χ3v) is 3.15. The van der Waals surface area contributed by atoms with E-state index in [4.69, 9.17) is 4.74 Å². The molecule has 124 valence electrons. The second-order valence-corrected chi connectivity index (χ2v) is 4.91. The summed E-state index contributed by atoms with van der Waals surface area (Å²) in [6.07, 6.45) is -1.22. The van der Waals surface area contributed by atoms with Crippen molar-refractivity contribution in [3.8, 4) is 0 Å². The number of nitrogens with one attached hydrogen (secondary N) is 2. The van der Waals surface area contributed by atoms with Gasteiger partial charge in [0.25, 0.3) is 5.91 Å². The fraction of sp³-hybridized carbons (Fsp3) is 0.167. The van der Waals surface area contributed by atoms with Gasteiger partial charge < -0.3 is 10.1 Å². The van der Waals surface area contributed by atoms with Gasteiger partial charge in [-0.3, -0.25) is 10.1 Å². The van der Waals surface area contributed by atoms with Crippen LogP contribution in [-0.2, 0) is 9.53 Å².